The van der Waals surface area contributed by atoms with Crippen molar-refractivity contribution in [3.63, 3.8) is 0 Å². The Balaban J connectivity index is 2.04. The van der Waals surface area contributed by atoms with Crippen molar-refractivity contribution >= 4 is 5.82 Å². The Kier molecular flexibility index (Phi) is 4.00. The summed E-state index contributed by atoms with van der Waals surface area (Å²) in [5, 5.41) is 0. The summed E-state index contributed by atoms with van der Waals surface area (Å²) in [4.78, 5) is 8.13. The number of nitrogens with two attached hydrogens (primary N) is 1. The predicted octanol–water partition coefficient (Wildman–Crippen LogP) is 3.07. The van der Waals surface area contributed by atoms with Crippen LogP contribution in [0.5, 0.6) is 5.75 Å². The minimum atomic E-state index is 0.397. The second kappa shape index (κ2) is 5.69. The first-order chi connectivity index (χ1) is 9.06. The third kappa shape index (κ3) is 3.44. The molecule has 4 heteroatoms. The van der Waals surface area contributed by atoms with Crippen LogP contribution < -0.4 is 10.5 Å². The van der Waals surface area contributed by atoms with Gasteiger partial charge in [-0.05, 0) is 36.1 Å². The maximum absolute atomic E-state index is 5.70. The van der Waals surface area contributed by atoms with Crippen LogP contribution in [0.15, 0.2) is 30.6 Å². The van der Waals surface area contributed by atoms with Gasteiger partial charge >= 0.3 is 0 Å². The molecule has 0 saturated heterocycles. The molecule has 0 aliphatic rings. The van der Waals surface area contributed by atoms with Crippen LogP contribution in [0, 0.1) is 6.92 Å². The lowest BCUT2D eigenvalue weighted by atomic mass is 9.98. The number of hydrogen-bond acceptors (Lipinski definition) is 4. The molecule has 0 aliphatic carbocycles. The van der Waals surface area contributed by atoms with Gasteiger partial charge in [0.1, 0.15) is 18.2 Å². The highest BCUT2D eigenvalue weighted by Crippen LogP contribution is 2.23. The first-order valence-corrected chi connectivity index (χ1v) is 6.36. The topological polar surface area (TPSA) is 61.0 Å². The van der Waals surface area contributed by atoms with E-state index in [9.17, 15) is 0 Å². The minimum Gasteiger partial charge on any atom is -0.487 e. The average molecular weight is 257 g/mol. The molecule has 2 rings (SSSR count). The van der Waals surface area contributed by atoms with E-state index in [2.05, 4.69) is 42.9 Å². The van der Waals surface area contributed by atoms with Gasteiger partial charge in [0, 0.05) is 0 Å². The van der Waals surface area contributed by atoms with Crippen molar-refractivity contribution in [2.45, 2.75) is 33.3 Å². The van der Waals surface area contributed by atoms with Crippen LogP contribution in [0.25, 0.3) is 0 Å². The molecule has 2 N–H and O–H groups in total. The highest BCUT2D eigenvalue weighted by Gasteiger charge is 2.05. The molecule has 0 bridgehead atoms. The third-order valence-corrected chi connectivity index (χ3v) is 2.98. The summed E-state index contributed by atoms with van der Waals surface area (Å²) in [6, 6.07) is 6.16. The molecule has 100 valence electrons. The van der Waals surface area contributed by atoms with E-state index < -0.39 is 0 Å². The number of aryl methyl sites for hydroxylation is 1. The van der Waals surface area contributed by atoms with Crippen LogP contribution in [-0.2, 0) is 6.61 Å². The predicted molar refractivity (Wildman–Crippen MR) is 76.0 cm³/mol. The van der Waals surface area contributed by atoms with Gasteiger partial charge in [0.05, 0.1) is 18.1 Å². The van der Waals surface area contributed by atoms with Crippen LogP contribution in [-0.4, -0.2) is 9.97 Å². The lowest BCUT2D eigenvalue weighted by molar-refractivity contribution is 0.300. The summed E-state index contributed by atoms with van der Waals surface area (Å²) >= 11 is 0. The summed E-state index contributed by atoms with van der Waals surface area (Å²) in [5.41, 5.74) is 8.84. The van der Waals surface area contributed by atoms with E-state index in [-0.39, 0.29) is 0 Å². The molecule has 0 radical (unpaired) electrons. The lowest BCUT2D eigenvalue weighted by Crippen LogP contribution is -2.01. The number of aromatic nitrogens is 2. The summed E-state index contributed by atoms with van der Waals surface area (Å²) in [7, 11) is 0. The lowest BCUT2D eigenvalue weighted by Gasteiger charge is -2.12. The average Bonchev–Trinajstić information content (AvgIpc) is 2.37. The van der Waals surface area contributed by atoms with Gasteiger partial charge in [0.15, 0.2) is 0 Å². The van der Waals surface area contributed by atoms with Crippen molar-refractivity contribution in [1.29, 1.82) is 0 Å². The fourth-order valence-corrected chi connectivity index (χ4v) is 1.98. The van der Waals surface area contributed by atoms with Crippen LogP contribution in [0.3, 0.4) is 0 Å². The van der Waals surface area contributed by atoms with E-state index in [0.717, 1.165) is 11.4 Å². The molecule has 0 amide bonds. The third-order valence-electron chi connectivity index (χ3n) is 2.98. The number of hydrogen-bond donors (Lipinski definition) is 1. The van der Waals surface area contributed by atoms with Gasteiger partial charge in [-0.2, -0.15) is 0 Å². The van der Waals surface area contributed by atoms with Crippen LogP contribution in [0.1, 0.15) is 36.6 Å². The van der Waals surface area contributed by atoms with Gasteiger partial charge in [-0.3, -0.25) is 4.98 Å². The molecule has 0 unspecified atom stereocenters. The van der Waals surface area contributed by atoms with E-state index in [1.807, 2.05) is 6.07 Å². The quantitative estimate of drug-likeness (QED) is 0.914. The molecular formula is C15H19N3O. The van der Waals surface area contributed by atoms with Crippen LogP contribution in [0.4, 0.5) is 5.82 Å². The van der Waals surface area contributed by atoms with E-state index in [1.54, 1.807) is 6.20 Å². The molecule has 1 heterocycles. The smallest absolute Gasteiger partial charge is 0.141 e. The minimum absolute atomic E-state index is 0.397. The van der Waals surface area contributed by atoms with Gasteiger partial charge in [-0.1, -0.05) is 19.9 Å². The van der Waals surface area contributed by atoms with Crippen LogP contribution in [0.2, 0.25) is 0 Å². The molecule has 0 fully saturated rings. The fraction of sp³-hybridized carbons (Fsp3) is 0.333. The first kappa shape index (κ1) is 13.3. The van der Waals surface area contributed by atoms with Crippen LogP contribution >= 0.6 is 0 Å². The Hall–Kier alpha value is -2.10. The molecule has 0 spiro atoms. The van der Waals surface area contributed by atoms with Gasteiger partial charge < -0.3 is 10.5 Å². The number of nitrogens with zero attached hydrogens (tertiary/aromatic N) is 2. The van der Waals surface area contributed by atoms with Gasteiger partial charge in [-0.15, -0.1) is 0 Å². The number of anilines is 1. The summed E-state index contributed by atoms with van der Waals surface area (Å²) in [6.07, 6.45) is 3.16. The molecule has 0 aliphatic heterocycles. The highest BCUT2D eigenvalue weighted by molar-refractivity contribution is 5.36. The fourth-order valence-electron chi connectivity index (χ4n) is 1.98. The summed E-state index contributed by atoms with van der Waals surface area (Å²) in [5.74, 6) is 1.79. The molecule has 1 aromatic carbocycles. The molecule has 2 aromatic rings. The summed E-state index contributed by atoms with van der Waals surface area (Å²) in [6.45, 7) is 6.87. The Morgan fingerprint density at radius 3 is 2.58 bits per heavy atom. The Bertz CT molecular complexity index is 550. The van der Waals surface area contributed by atoms with Gasteiger partial charge in [-0.25, -0.2) is 4.98 Å². The van der Waals surface area contributed by atoms with Crippen molar-refractivity contribution in [3.8, 4) is 5.75 Å². The second-order valence-corrected chi connectivity index (χ2v) is 4.89. The van der Waals surface area contributed by atoms with Crippen molar-refractivity contribution in [1.82, 2.24) is 9.97 Å². The second-order valence-electron chi connectivity index (χ2n) is 4.89. The summed E-state index contributed by atoms with van der Waals surface area (Å²) < 4.78 is 5.70. The SMILES string of the molecule is Cc1cc(OCc2cnc(N)cn2)ccc1C(C)C. The molecule has 0 atom stereocenters. The molecule has 1 aromatic heterocycles. The number of ether oxygens (including phenoxy) is 1. The maximum atomic E-state index is 5.70. The normalized spacial score (nSPS) is 10.7. The highest BCUT2D eigenvalue weighted by atomic mass is 16.5. The zero-order valence-corrected chi connectivity index (χ0v) is 11.6. The van der Waals surface area contributed by atoms with Crippen molar-refractivity contribution in [2.75, 3.05) is 5.73 Å². The monoisotopic (exact) mass is 257 g/mol. The maximum Gasteiger partial charge on any atom is 0.141 e. The number of rotatable bonds is 4. The molecular weight excluding hydrogens is 238 g/mol. The Morgan fingerprint density at radius 1 is 1.21 bits per heavy atom. The first-order valence-electron chi connectivity index (χ1n) is 6.36. The zero-order valence-electron chi connectivity index (χ0n) is 11.6. The zero-order chi connectivity index (χ0) is 13.8. The van der Waals surface area contributed by atoms with Crippen molar-refractivity contribution in [2.24, 2.45) is 0 Å². The number of benzene rings is 1. The van der Waals surface area contributed by atoms with E-state index in [4.69, 9.17) is 10.5 Å². The van der Waals surface area contributed by atoms with E-state index in [1.165, 1.54) is 17.3 Å². The van der Waals surface area contributed by atoms with E-state index >= 15 is 0 Å². The van der Waals surface area contributed by atoms with Gasteiger partial charge in [0.25, 0.3) is 0 Å². The largest absolute Gasteiger partial charge is 0.487 e. The Labute approximate surface area is 113 Å². The molecule has 19 heavy (non-hydrogen) atoms. The number of nitrogen functional groups attached to an aromatic ring is 1. The Morgan fingerprint density at radius 2 is 2.00 bits per heavy atom. The molecule has 4 nitrogen and oxygen atoms in total. The standard InChI is InChI=1S/C15H19N3O/c1-10(2)14-5-4-13(6-11(14)3)19-9-12-7-18-15(16)8-17-12/h4-8,10H,9H2,1-3H3,(H2,16,18). The van der Waals surface area contributed by atoms with Crippen molar-refractivity contribution < 1.29 is 4.74 Å². The van der Waals surface area contributed by atoms with Crippen molar-refractivity contribution in [3.05, 3.63) is 47.4 Å². The molecule has 0 saturated carbocycles. The van der Waals surface area contributed by atoms with E-state index in [0.29, 0.717) is 18.3 Å². The van der Waals surface area contributed by atoms with Gasteiger partial charge in [0.2, 0.25) is 0 Å².